The predicted octanol–water partition coefficient (Wildman–Crippen LogP) is 3.02. The Morgan fingerprint density at radius 2 is 1.78 bits per heavy atom. The Labute approximate surface area is 155 Å². The molecule has 0 radical (unpaired) electrons. The number of hydrogen-bond acceptors (Lipinski definition) is 6. The van der Waals surface area contributed by atoms with E-state index in [1.54, 1.807) is 18.2 Å². The van der Waals surface area contributed by atoms with Crippen molar-refractivity contribution in [1.82, 2.24) is 4.90 Å². The van der Waals surface area contributed by atoms with Crippen LogP contribution in [0.3, 0.4) is 0 Å². The molecule has 1 fully saturated rings. The second-order valence-corrected chi connectivity index (χ2v) is 6.64. The first-order valence-corrected chi connectivity index (χ1v) is 8.84. The van der Waals surface area contributed by atoms with E-state index in [2.05, 4.69) is 9.80 Å². The molecule has 1 aliphatic heterocycles. The fourth-order valence-electron chi connectivity index (χ4n) is 3.42. The first kappa shape index (κ1) is 17.2. The fraction of sp³-hybridized carbons (Fsp3) is 0.250. The minimum atomic E-state index is -0.376. The smallest absolute Gasteiger partial charge is 0.340 e. The highest BCUT2D eigenvalue weighted by Gasteiger charge is 2.20. The molecule has 7 nitrogen and oxygen atoms in total. The van der Waals surface area contributed by atoms with Gasteiger partial charge in [0.15, 0.2) is 0 Å². The summed E-state index contributed by atoms with van der Waals surface area (Å²) >= 11 is 0. The number of rotatable bonds is 4. The van der Waals surface area contributed by atoms with Crippen LogP contribution in [0, 0.1) is 10.1 Å². The van der Waals surface area contributed by atoms with Crippen molar-refractivity contribution in [1.29, 1.82) is 0 Å². The van der Waals surface area contributed by atoms with Crippen molar-refractivity contribution in [3.05, 3.63) is 80.7 Å². The van der Waals surface area contributed by atoms with Crippen LogP contribution in [-0.2, 0) is 6.54 Å². The van der Waals surface area contributed by atoms with Gasteiger partial charge in [-0.05, 0) is 18.2 Å². The average Bonchev–Trinajstić information content (AvgIpc) is 2.69. The van der Waals surface area contributed by atoms with Gasteiger partial charge in [-0.15, -0.1) is 0 Å². The van der Waals surface area contributed by atoms with Gasteiger partial charge in [0.05, 0.1) is 10.5 Å². The maximum Gasteiger partial charge on any atom is 0.340 e. The lowest BCUT2D eigenvalue weighted by Gasteiger charge is -2.35. The molecule has 0 aliphatic carbocycles. The molecule has 138 valence electrons. The van der Waals surface area contributed by atoms with Gasteiger partial charge in [0.25, 0.3) is 5.69 Å². The van der Waals surface area contributed by atoms with E-state index < -0.39 is 0 Å². The molecule has 4 rings (SSSR count). The lowest BCUT2D eigenvalue weighted by atomic mass is 10.1. The van der Waals surface area contributed by atoms with Crippen LogP contribution < -0.4 is 10.5 Å². The van der Waals surface area contributed by atoms with Gasteiger partial charge >= 0.3 is 5.63 Å². The highest BCUT2D eigenvalue weighted by atomic mass is 16.6. The van der Waals surface area contributed by atoms with Gasteiger partial charge in [-0.3, -0.25) is 15.0 Å². The Kier molecular flexibility index (Phi) is 4.60. The summed E-state index contributed by atoms with van der Waals surface area (Å²) in [6.07, 6.45) is 0. The van der Waals surface area contributed by atoms with E-state index in [1.165, 1.54) is 6.07 Å². The Balaban J connectivity index is 1.44. The first-order valence-electron chi connectivity index (χ1n) is 8.84. The summed E-state index contributed by atoms with van der Waals surface area (Å²) in [6, 6.07) is 16.1. The molecule has 3 aromatic rings. The molecule has 0 bridgehead atoms. The molecule has 1 aromatic heterocycles. The molecule has 27 heavy (non-hydrogen) atoms. The summed E-state index contributed by atoms with van der Waals surface area (Å²) in [5, 5.41) is 11.9. The number of fused-ring (bicyclic) bond motifs is 1. The molecule has 2 heterocycles. The van der Waals surface area contributed by atoms with E-state index in [9.17, 15) is 14.9 Å². The number of anilines is 1. The predicted molar refractivity (Wildman–Crippen MR) is 103 cm³/mol. The number of nitro benzene ring substituents is 1. The highest BCUT2D eigenvalue weighted by molar-refractivity contribution is 5.76. The van der Waals surface area contributed by atoms with Gasteiger partial charge in [0.2, 0.25) is 0 Å². The molecule has 0 N–H and O–H groups in total. The Morgan fingerprint density at radius 1 is 1.00 bits per heavy atom. The molecule has 7 heteroatoms. The second kappa shape index (κ2) is 7.20. The molecule has 0 amide bonds. The zero-order valence-corrected chi connectivity index (χ0v) is 14.7. The third-order valence-electron chi connectivity index (χ3n) is 4.89. The summed E-state index contributed by atoms with van der Waals surface area (Å²) in [7, 11) is 0. The standard InChI is InChI=1S/C20H19N3O4/c24-20-16(12-15-4-1-2-7-19(15)27-20)14-21-8-10-22(11-9-21)17-5-3-6-18(13-17)23(25)26/h1-7,12-13H,8-11,14H2. The van der Waals surface area contributed by atoms with Crippen LogP contribution in [0.15, 0.2) is 63.8 Å². The maximum atomic E-state index is 12.2. The lowest BCUT2D eigenvalue weighted by Crippen LogP contribution is -2.46. The summed E-state index contributed by atoms with van der Waals surface area (Å²) < 4.78 is 5.40. The molecule has 0 saturated carbocycles. The van der Waals surface area contributed by atoms with Crippen LogP contribution in [0.4, 0.5) is 11.4 Å². The Morgan fingerprint density at radius 3 is 2.56 bits per heavy atom. The van der Waals surface area contributed by atoms with Crippen LogP contribution in [0.5, 0.6) is 0 Å². The van der Waals surface area contributed by atoms with E-state index in [0.29, 0.717) is 17.7 Å². The number of non-ortho nitro benzene ring substituents is 1. The number of nitro groups is 1. The third kappa shape index (κ3) is 3.68. The minimum absolute atomic E-state index is 0.101. The number of benzene rings is 2. The van der Waals surface area contributed by atoms with E-state index in [0.717, 1.165) is 37.3 Å². The Hall–Kier alpha value is -3.19. The van der Waals surface area contributed by atoms with Gasteiger partial charge in [0, 0.05) is 55.9 Å². The monoisotopic (exact) mass is 365 g/mol. The minimum Gasteiger partial charge on any atom is -0.422 e. The first-order chi connectivity index (χ1) is 13.1. The molecule has 0 atom stereocenters. The van der Waals surface area contributed by atoms with Crippen molar-refractivity contribution in [2.24, 2.45) is 0 Å². The SMILES string of the molecule is O=c1oc2ccccc2cc1CN1CCN(c2cccc([N+](=O)[O-])c2)CC1. The van der Waals surface area contributed by atoms with Crippen molar-refractivity contribution >= 4 is 22.3 Å². The third-order valence-corrected chi connectivity index (χ3v) is 4.89. The van der Waals surface area contributed by atoms with Crippen molar-refractivity contribution in [3.8, 4) is 0 Å². The zero-order valence-electron chi connectivity index (χ0n) is 14.7. The van der Waals surface area contributed by atoms with Crippen LogP contribution in [0.1, 0.15) is 5.56 Å². The summed E-state index contributed by atoms with van der Waals surface area (Å²) in [4.78, 5) is 27.1. The topological polar surface area (TPSA) is 79.8 Å². The van der Waals surface area contributed by atoms with Gasteiger partial charge in [-0.2, -0.15) is 0 Å². The lowest BCUT2D eigenvalue weighted by molar-refractivity contribution is -0.384. The number of piperazine rings is 1. The van der Waals surface area contributed by atoms with Crippen molar-refractivity contribution in [3.63, 3.8) is 0 Å². The van der Waals surface area contributed by atoms with Gasteiger partial charge < -0.3 is 9.32 Å². The van der Waals surface area contributed by atoms with Gasteiger partial charge in [0.1, 0.15) is 5.58 Å². The zero-order chi connectivity index (χ0) is 18.8. The number of hydrogen-bond donors (Lipinski definition) is 0. The molecule has 1 saturated heterocycles. The maximum absolute atomic E-state index is 12.2. The van der Waals surface area contributed by atoms with E-state index in [1.807, 2.05) is 30.3 Å². The van der Waals surface area contributed by atoms with Crippen molar-refractivity contribution in [2.75, 3.05) is 31.1 Å². The Bertz CT molecular complexity index is 1040. The van der Waals surface area contributed by atoms with Crippen LogP contribution >= 0.6 is 0 Å². The number of nitrogens with zero attached hydrogens (tertiary/aromatic N) is 3. The molecule has 0 spiro atoms. The van der Waals surface area contributed by atoms with E-state index in [-0.39, 0.29) is 16.2 Å². The van der Waals surface area contributed by atoms with Crippen LogP contribution in [0.25, 0.3) is 11.0 Å². The molecular formula is C20H19N3O4. The van der Waals surface area contributed by atoms with Crippen LogP contribution in [0.2, 0.25) is 0 Å². The summed E-state index contributed by atoms with van der Waals surface area (Å²) in [5.41, 5.74) is 1.91. The second-order valence-electron chi connectivity index (χ2n) is 6.64. The fourth-order valence-corrected chi connectivity index (χ4v) is 3.42. The average molecular weight is 365 g/mol. The molecule has 1 aliphatic rings. The summed E-state index contributed by atoms with van der Waals surface area (Å²) in [6.45, 7) is 3.58. The molecular weight excluding hydrogens is 346 g/mol. The van der Waals surface area contributed by atoms with Gasteiger partial charge in [-0.1, -0.05) is 24.3 Å². The quantitative estimate of drug-likeness (QED) is 0.402. The molecule has 2 aromatic carbocycles. The highest BCUT2D eigenvalue weighted by Crippen LogP contribution is 2.22. The van der Waals surface area contributed by atoms with Crippen molar-refractivity contribution in [2.45, 2.75) is 6.54 Å². The van der Waals surface area contributed by atoms with E-state index >= 15 is 0 Å². The number of para-hydroxylation sites is 1. The van der Waals surface area contributed by atoms with E-state index in [4.69, 9.17) is 4.42 Å². The van der Waals surface area contributed by atoms with Crippen molar-refractivity contribution < 1.29 is 9.34 Å². The molecule has 0 unspecified atom stereocenters. The largest absolute Gasteiger partial charge is 0.422 e. The normalized spacial score (nSPS) is 15.2. The van der Waals surface area contributed by atoms with Gasteiger partial charge in [-0.25, -0.2) is 4.79 Å². The summed E-state index contributed by atoms with van der Waals surface area (Å²) in [5.74, 6) is 0. The van der Waals surface area contributed by atoms with Crippen LogP contribution in [-0.4, -0.2) is 36.0 Å².